The van der Waals surface area contributed by atoms with Crippen LogP contribution in [0.15, 0.2) is 0 Å². The first-order valence-corrected chi connectivity index (χ1v) is 4.50. The summed E-state index contributed by atoms with van der Waals surface area (Å²) < 4.78 is 0. The van der Waals surface area contributed by atoms with E-state index in [1.165, 1.54) is 6.42 Å². The summed E-state index contributed by atoms with van der Waals surface area (Å²) in [5.74, 6) is 1.48. The summed E-state index contributed by atoms with van der Waals surface area (Å²) in [6.45, 7) is 7.65. The second-order valence-electron chi connectivity index (χ2n) is 3.93. The van der Waals surface area contributed by atoms with Gasteiger partial charge in [0, 0.05) is 5.54 Å². The molecular weight excluding hydrogens is 138 g/mol. The summed E-state index contributed by atoms with van der Waals surface area (Å²) >= 11 is 0. The lowest BCUT2D eigenvalue weighted by Crippen LogP contribution is -2.48. The lowest BCUT2D eigenvalue weighted by atomic mass is 9.95. The summed E-state index contributed by atoms with van der Waals surface area (Å²) in [6.07, 6.45) is 1.27. The van der Waals surface area contributed by atoms with E-state index in [0.717, 1.165) is 12.5 Å². The van der Waals surface area contributed by atoms with E-state index in [0.29, 0.717) is 5.92 Å². The fourth-order valence-corrected chi connectivity index (χ4v) is 1.92. The molecule has 2 heteroatoms. The van der Waals surface area contributed by atoms with E-state index in [-0.39, 0.29) is 12.1 Å². The molecule has 1 aliphatic rings. The van der Waals surface area contributed by atoms with Crippen molar-refractivity contribution >= 4 is 0 Å². The Kier molecular flexibility index (Phi) is 2.55. The highest BCUT2D eigenvalue weighted by molar-refractivity contribution is 5.01. The van der Waals surface area contributed by atoms with Crippen LogP contribution in [-0.2, 0) is 0 Å². The zero-order chi connectivity index (χ0) is 8.48. The topological polar surface area (TPSA) is 32.3 Å². The molecule has 1 rings (SSSR count). The largest absolute Gasteiger partial charge is 0.394 e. The van der Waals surface area contributed by atoms with Crippen molar-refractivity contribution in [2.45, 2.75) is 32.7 Å². The minimum absolute atomic E-state index is 0.0197. The number of nitrogens with one attached hydrogen (secondary N) is 1. The highest BCUT2D eigenvalue weighted by atomic mass is 16.3. The highest BCUT2D eigenvalue weighted by Gasteiger charge is 2.46. The van der Waals surface area contributed by atoms with E-state index in [1.54, 1.807) is 0 Å². The normalized spacial score (nSPS) is 34.9. The maximum atomic E-state index is 9.18. The minimum Gasteiger partial charge on any atom is -0.394 e. The van der Waals surface area contributed by atoms with E-state index in [1.807, 2.05) is 0 Å². The molecule has 3 unspecified atom stereocenters. The molecule has 0 heterocycles. The molecule has 2 N–H and O–H groups in total. The van der Waals surface area contributed by atoms with Crippen LogP contribution >= 0.6 is 0 Å². The van der Waals surface area contributed by atoms with Crippen LogP contribution in [0.3, 0.4) is 0 Å². The van der Waals surface area contributed by atoms with E-state index in [2.05, 4.69) is 26.1 Å². The van der Waals surface area contributed by atoms with Gasteiger partial charge in [-0.3, -0.25) is 0 Å². The highest BCUT2D eigenvalue weighted by Crippen LogP contribution is 2.45. The van der Waals surface area contributed by atoms with Crippen molar-refractivity contribution in [1.82, 2.24) is 5.32 Å². The fourth-order valence-electron chi connectivity index (χ4n) is 1.92. The van der Waals surface area contributed by atoms with Gasteiger partial charge in [0.1, 0.15) is 0 Å². The molecule has 0 aromatic rings. The van der Waals surface area contributed by atoms with Gasteiger partial charge in [-0.1, -0.05) is 13.8 Å². The van der Waals surface area contributed by atoms with E-state index >= 15 is 0 Å². The average molecular weight is 157 g/mol. The van der Waals surface area contributed by atoms with Crippen molar-refractivity contribution in [2.75, 3.05) is 13.2 Å². The molecule has 0 amide bonds. The lowest BCUT2D eigenvalue weighted by molar-refractivity contribution is 0.153. The Labute approximate surface area is 69.0 Å². The van der Waals surface area contributed by atoms with Crippen molar-refractivity contribution in [2.24, 2.45) is 11.8 Å². The van der Waals surface area contributed by atoms with Crippen LogP contribution in [0.1, 0.15) is 27.2 Å². The molecule has 0 aromatic heterocycles. The van der Waals surface area contributed by atoms with Crippen LogP contribution in [0.5, 0.6) is 0 Å². The first-order chi connectivity index (χ1) is 5.14. The van der Waals surface area contributed by atoms with Crippen molar-refractivity contribution in [3.63, 3.8) is 0 Å². The maximum absolute atomic E-state index is 9.18. The Bertz CT molecular complexity index is 138. The standard InChI is InChI=1S/C9H19NO/c1-4-10-9(3,6-11)8-5-7(8)2/h7-8,10-11H,4-6H2,1-3H3. The van der Waals surface area contributed by atoms with Gasteiger partial charge in [0.25, 0.3) is 0 Å². The van der Waals surface area contributed by atoms with Crippen LogP contribution in [-0.4, -0.2) is 23.8 Å². The zero-order valence-electron chi connectivity index (χ0n) is 7.72. The zero-order valence-corrected chi connectivity index (χ0v) is 7.72. The van der Waals surface area contributed by atoms with Crippen LogP contribution in [0.25, 0.3) is 0 Å². The summed E-state index contributed by atoms with van der Waals surface area (Å²) in [5, 5.41) is 12.5. The Hall–Kier alpha value is -0.0800. The van der Waals surface area contributed by atoms with E-state index in [9.17, 15) is 5.11 Å². The molecule has 11 heavy (non-hydrogen) atoms. The van der Waals surface area contributed by atoms with Gasteiger partial charge >= 0.3 is 0 Å². The van der Waals surface area contributed by atoms with Crippen LogP contribution in [0.4, 0.5) is 0 Å². The minimum atomic E-state index is -0.0197. The number of hydrogen-bond donors (Lipinski definition) is 2. The van der Waals surface area contributed by atoms with Crippen molar-refractivity contribution in [3.05, 3.63) is 0 Å². The van der Waals surface area contributed by atoms with Gasteiger partial charge in [-0.05, 0) is 31.7 Å². The van der Waals surface area contributed by atoms with E-state index in [4.69, 9.17) is 0 Å². The van der Waals surface area contributed by atoms with Crippen molar-refractivity contribution < 1.29 is 5.11 Å². The van der Waals surface area contributed by atoms with Crippen LogP contribution in [0, 0.1) is 11.8 Å². The molecule has 0 bridgehead atoms. The quantitative estimate of drug-likeness (QED) is 0.638. The van der Waals surface area contributed by atoms with Gasteiger partial charge in [-0.25, -0.2) is 0 Å². The first-order valence-electron chi connectivity index (χ1n) is 4.50. The molecule has 3 atom stereocenters. The molecule has 0 saturated heterocycles. The van der Waals surface area contributed by atoms with Crippen LogP contribution < -0.4 is 5.32 Å². The summed E-state index contributed by atoms with van der Waals surface area (Å²) in [7, 11) is 0. The molecule has 0 radical (unpaired) electrons. The molecule has 0 aliphatic heterocycles. The predicted molar refractivity (Wildman–Crippen MR) is 46.4 cm³/mol. The molecule has 1 saturated carbocycles. The SMILES string of the molecule is CCNC(C)(CO)C1CC1C. The third kappa shape index (κ3) is 1.74. The second kappa shape index (κ2) is 3.11. The van der Waals surface area contributed by atoms with Gasteiger partial charge < -0.3 is 10.4 Å². The summed E-state index contributed by atoms with van der Waals surface area (Å²) in [4.78, 5) is 0. The number of likely N-dealkylation sites (N-methyl/N-ethyl adjacent to an activating group) is 1. The van der Waals surface area contributed by atoms with Crippen molar-refractivity contribution in [1.29, 1.82) is 0 Å². The maximum Gasteiger partial charge on any atom is 0.0613 e. The van der Waals surface area contributed by atoms with Gasteiger partial charge in [-0.15, -0.1) is 0 Å². The second-order valence-corrected chi connectivity index (χ2v) is 3.93. The average Bonchev–Trinajstić information content (AvgIpc) is 2.68. The number of aliphatic hydroxyl groups excluding tert-OH is 1. The molecule has 0 aromatic carbocycles. The Morgan fingerprint density at radius 3 is 2.45 bits per heavy atom. The van der Waals surface area contributed by atoms with Crippen molar-refractivity contribution in [3.8, 4) is 0 Å². The number of aliphatic hydroxyl groups is 1. The Morgan fingerprint density at radius 2 is 2.18 bits per heavy atom. The fraction of sp³-hybridized carbons (Fsp3) is 1.00. The van der Waals surface area contributed by atoms with Gasteiger partial charge in [-0.2, -0.15) is 0 Å². The van der Waals surface area contributed by atoms with Gasteiger partial charge in [0.2, 0.25) is 0 Å². The van der Waals surface area contributed by atoms with Crippen LogP contribution in [0.2, 0.25) is 0 Å². The summed E-state index contributed by atoms with van der Waals surface area (Å²) in [6, 6.07) is 0. The number of hydrogen-bond acceptors (Lipinski definition) is 2. The van der Waals surface area contributed by atoms with E-state index < -0.39 is 0 Å². The molecule has 1 fully saturated rings. The lowest BCUT2D eigenvalue weighted by Gasteiger charge is -2.28. The number of rotatable bonds is 4. The first kappa shape index (κ1) is 9.01. The molecular formula is C9H19NO. The molecule has 1 aliphatic carbocycles. The Morgan fingerprint density at radius 1 is 1.64 bits per heavy atom. The Balaban J connectivity index is 2.46. The molecule has 66 valence electrons. The van der Waals surface area contributed by atoms with Gasteiger partial charge in [0.05, 0.1) is 6.61 Å². The van der Waals surface area contributed by atoms with Gasteiger partial charge in [0.15, 0.2) is 0 Å². The summed E-state index contributed by atoms with van der Waals surface area (Å²) in [5.41, 5.74) is -0.0197. The predicted octanol–water partition coefficient (Wildman–Crippen LogP) is 1.00. The molecule has 0 spiro atoms. The smallest absolute Gasteiger partial charge is 0.0613 e. The molecule has 2 nitrogen and oxygen atoms in total. The third-order valence-electron chi connectivity index (χ3n) is 2.84. The third-order valence-corrected chi connectivity index (χ3v) is 2.84. The monoisotopic (exact) mass is 157 g/mol.